The number of benzene rings is 2. The van der Waals surface area contributed by atoms with E-state index in [0.717, 1.165) is 11.8 Å². The minimum atomic E-state index is -3.23. The van der Waals surface area contributed by atoms with E-state index in [0.29, 0.717) is 0 Å². The van der Waals surface area contributed by atoms with E-state index in [1.807, 2.05) is 0 Å². The molecule has 0 saturated carbocycles. The van der Waals surface area contributed by atoms with Gasteiger partial charge in [0.15, 0.2) is 16.4 Å². The summed E-state index contributed by atoms with van der Waals surface area (Å²) in [7, 11) is -3.23. The number of nitrogens with one attached hydrogen (secondary N) is 1. The number of halogens is 1. The summed E-state index contributed by atoms with van der Waals surface area (Å²) in [6, 6.07) is 11.8. The number of carbonyl (C=O) groups is 1. The Bertz CT molecular complexity index is 788. The molecule has 2 aromatic carbocycles. The Balaban J connectivity index is 1.82. The fourth-order valence-electron chi connectivity index (χ4n) is 1.81. The smallest absolute Gasteiger partial charge is 0.258 e. The minimum absolute atomic E-state index is 0.224. The van der Waals surface area contributed by atoms with Gasteiger partial charge in [-0.25, -0.2) is 12.8 Å². The number of sulfone groups is 1. The first-order valence-electron chi connectivity index (χ1n) is 6.79. The monoisotopic (exact) mass is 337 g/mol. The van der Waals surface area contributed by atoms with Gasteiger partial charge in [-0.15, -0.1) is 0 Å². The van der Waals surface area contributed by atoms with Crippen molar-refractivity contribution in [3.63, 3.8) is 0 Å². The highest BCUT2D eigenvalue weighted by Crippen LogP contribution is 2.12. The largest absolute Gasteiger partial charge is 0.484 e. The van der Waals surface area contributed by atoms with Gasteiger partial charge in [0.1, 0.15) is 11.6 Å². The average molecular weight is 337 g/mol. The van der Waals surface area contributed by atoms with Crippen molar-refractivity contribution in [3.05, 3.63) is 59.9 Å². The van der Waals surface area contributed by atoms with Gasteiger partial charge in [-0.05, 0) is 29.8 Å². The Morgan fingerprint density at radius 3 is 2.48 bits per heavy atom. The molecule has 0 aliphatic heterocycles. The maximum absolute atomic E-state index is 13.0. The van der Waals surface area contributed by atoms with E-state index in [9.17, 15) is 17.6 Å². The van der Waals surface area contributed by atoms with Gasteiger partial charge in [0.25, 0.3) is 5.91 Å². The van der Waals surface area contributed by atoms with Crippen molar-refractivity contribution in [1.29, 1.82) is 0 Å². The number of rotatable bonds is 6. The molecule has 0 fully saturated rings. The Labute approximate surface area is 134 Å². The van der Waals surface area contributed by atoms with Gasteiger partial charge in [0.2, 0.25) is 0 Å². The van der Waals surface area contributed by atoms with E-state index < -0.39 is 15.7 Å². The molecule has 0 aliphatic rings. The summed E-state index contributed by atoms with van der Waals surface area (Å²) in [6.45, 7) is 0.0141. The summed E-state index contributed by atoms with van der Waals surface area (Å²) in [5.74, 6) is -0.520. The van der Waals surface area contributed by atoms with Crippen molar-refractivity contribution in [2.45, 2.75) is 11.4 Å². The lowest BCUT2D eigenvalue weighted by molar-refractivity contribution is -0.123. The van der Waals surface area contributed by atoms with Crippen LogP contribution in [-0.4, -0.2) is 27.2 Å². The van der Waals surface area contributed by atoms with Crippen LogP contribution in [0.4, 0.5) is 4.39 Å². The lowest BCUT2D eigenvalue weighted by atomic mass is 10.2. The first-order chi connectivity index (χ1) is 10.8. The topological polar surface area (TPSA) is 72.5 Å². The second-order valence-corrected chi connectivity index (χ2v) is 6.95. The van der Waals surface area contributed by atoms with Gasteiger partial charge >= 0.3 is 0 Å². The molecule has 2 rings (SSSR count). The van der Waals surface area contributed by atoms with E-state index in [1.165, 1.54) is 30.3 Å². The van der Waals surface area contributed by atoms with Gasteiger partial charge in [0.05, 0.1) is 4.90 Å². The van der Waals surface area contributed by atoms with Gasteiger partial charge in [-0.2, -0.15) is 0 Å². The SMILES string of the molecule is CS(=O)(=O)c1ccc(CNC(=O)COc2cccc(F)c2)cc1. The van der Waals surface area contributed by atoms with Crippen molar-refractivity contribution in [1.82, 2.24) is 5.32 Å². The highest BCUT2D eigenvalue weighted by molar-refractivity contribution is 7.90. The maximum atomic E-state index is 13.0. The predicted molar refractivity (Wildman–Crippen MR) is 83.3 cm³/mol. The predicted octanol–water partition coefficient (Wildman–Crippen LogP) is 1.92. The third-order valence-electron chi connectivity index (χ3n) is 3.01. The van der Waals surface area contributed by atoms with Crippen LogP contribution in [0.1, 0.15) is 5.56 Å². The maximum Gasteiger partial charge on any atom is 0.258 e. The Kier molecular flexibility index (Phi) is 5.33. The molecular formula is C16H16FNO4S. The molecule has 0 aliphatic carbocycles. The molecule has 122 valence electrons. The second kappa shape index (κ2) is 7.23. The molecule has 0 saturated heterocycles. The molecule has 1 amide bonds. The zero-order valence-corrected chi connectivity index (χ0v) is 13.3. The fraction of sp³-hybridized carbons (Fsp3) is 0.188. The summed E-state index contributed by atoms with van der Waals surface area (Å²) in [5.41, 5.74) is 0.761. The quantitative estimate of drug-likeness (QED) is 0.874. The zero-order chi connectivity index (χ0) is 16.9. The molecule has 0 heterocycles. The number of carbonyl (C=O) groups excluding carboxylic acids is 1. The average Bonchev–Trinajstić information content (AvgIpc) is 2.50. The fourth-order valence-corrected chi connectivity index (χ4v) is 2.44. The molecule has 5 nitrogen and oxygen atoms in total. The second-order valence-electron chi connectivity index (χ2n) is 4.94. The summed E-state index contributed by atoms with van der Waals surface area (Å²) in [5, 5.41) is 2.63. The lowest BCUT2D eigenvalue weighted by Gasteiger charge is -2.08. The van der Waals surface area contributed by atoms with Crippen LogP contribution in [0.25, 0.3) is 0 Å². The van der Waals surface area contributed by atoms with Gasteiger partial charge in [0, 0.05) is 18.9 Å². The van der Waals surface area contributed by atoms with Crippen molar-refractivity contribution in [3.8, 4) is 5.75 Å². The summed E-state index contributed by atoms with van der Waals surface area (Å²) in [4.78, 5) is 11.9. The number of hydrogen-bond acceptors (Lipinski definition) is 4. The van der Waals surface area contributed by atoms with Crippen LogP contribution in [0.15, 0.2) is 53.4 Å². The first kappa shape index (κ1) is 17.0. The lowest BCUT2D eigenvalue weighted by Crippen LogP contribution is -2.28. The van der Waals surface area contributed by atoms with E-state index >= 15 is 0 Å². The minimum Gasteiger partial charge on any atom is -0.484 e. The molecular weight excluding hydrogens is 321 g/mol. The van der Waals surface area contributed by atoms with E-state index in [-0.39, 0.29) is 29.7 Å². The van der Waals surface area contributed by atoms with E-state index in [1.54, 1.807) is 18.2 Å². The standard InChI is InChI=1S/C16H16FNO4S/c1-23(20,21)15-7-5-12(6-8-15)10-18-16(19)11-22-14-4-2-3-13(17)9-14/h2-9H,10-11H2,1H3,(H,18,19). The van der Waals surface area contributed by atoms with Gasteiger partial charge in [-0.3, -0.25) is 4.79 Å². The molecule has 23 heavy (non-hydrogen) atoms. The molecule has 0 spiro atoms. The third kappa shape index (κ3) is 5.37. The van der Waals surface area contributed by atoms with Crippen molar-refractivity contribution in [2.75, 3.05) is 12.9 Å². The Morgan fingerprint density at radius 1 is 1.17 bits per heavy atom. The van der Waals surface area contributed by atoms with Crippen LogP contribution in [0, 0.1) is 5.82 Å². The Morgan fingerprint density at radius 2 is 1.87 bits per heavy atom. The van der Waals surface area contributed by atoms with Crippen LogP contribution < -0.4 is 10.1 Å². The zero-order valence-electron chi connectivity index (χ0n) is 12.5. The molecule has 0 unspecified atom stereocenters. The van der Waals surface area contributed by atoms with Crippen LogP contribution in [0.3, 0.4) is 0 Å². The normalized spacial score (nSPS) is 11.0. The summed E-state index contributed by atoms with van der Waals surface area (Å²) in [6.07, 6.45) is 1.13. The summed E-state index contributed by atoms with van der Waals surface area (Å²) < 4.78 is 40.8. The molecule has 0 bridgehead atoms. The first-order valence-corrected chi connectivity index (χ1v) is 8.68. The summed E-state index contributed by atoms with van der Waals surface area (Å²) >= 11 is 0. The number of amides is 1. The number of ether oxygens (including phenoxy) is 1. The highest BCUT2D eigenvalue weighted by Gasteiger charge is 2.07. The van der Waals surface area contributed by atoms with Crippen molar-refractivity contribution in [2.24, 2.45) is 0 Å². The van der Waals surface area contributed by atoms with E-state index in [2.05, 4.69) is 5.32 Å². The molecule has 0 radical (unpaired) electrons. The van der Waals surface area contributed by atoms with Gasteiger partial charge < -0.3 is 10.1 Å². The van der Waals surface area contributed by atoms with Gasteiger partial charge in [-0.1, -0.05) is 18.2 Å². The van der Waals surface area contributed by atoms with E-state index in [4.69, 9.17) is 4.74 Å². The van der Waals surface area contributed by atoms with Crippen LogP contribution in [-0.2, 0) is 21.2 Å². The molecule has 0 atom stereocenters. The highest BCUT2D eigenvalue weighted by atomic mass is 32.2. The molecule has 1 N–H and O–H groups in total. The van der Waals surface area contributed by atoms with Crippen LogP contribution in [0.5, 0.6) is 5.75 Å². The Hall–Kier alpha value is -2.41. The van der Waals surface area contributed by atoms with Crippen molar-refractivity contribution >= 4 is 15.7 Å². The molecule has 0 aromatic heterocycles. The van der Waals surface area contributed by atoms with Crippen LogP contribution >= 0.6 is 0 Å². The number of hydrogen-bond donors (Lipinski definition) is 1. The third-order valence-corrected chi connectivity index (χ3v) is 4.14. The molecule has 2 aromatic rings. The molecule has 7 heteroatoms. The van der Waals surface area contributed by atoms with Crippen LogP contribution in [0.2, 0.25) is 0 Å². The van der Waals surface area contributed by atoms with Crippen molar-refractivity contribution < 1.29 is 22.3 Å².